The number of hydrogen-bond donors (Lipinski definition) is 1. The van der Waals surface area contributed by atoms with Gasteiger partial charge in [-0.3, -0.25) is 9.78 Å². The molecule has 1 aliphatic rings. The van der Waals surface area contributed by atoms with Crippen molar-refractivity contribution in [2.24, 2.45) is 0 Å². The van der Waals surface area contributed by atoms with Crippen LogP contribution in [0.15, 0.2) is 18.7 Å². The zero-order valence-corrected chi connectivity index (χ0v) is 10.7. The lowest BCUT2D eigenvalue weighted by Gasteiger charge is -2.19. The first kappa shape index (κ1) is 11.5. The third-order valence-electron chi connectivity index (χ3n) is 3.07. The van der Waals surface area contributed by atoms with Crippen LogP contribution in [0.1, 0.15) is 16.8 Å². The molecule has 1 aliphatic heterocycles. The van der Waals surface area contributed by atoms with Gasteiger partial charge in [-0.2, -0.15) is 11.8 Å². The number of fused-ring (bicyclic) bond motifs is 1. The third kappa shape index (κ3) is 2.08. The smallest absolute Gasteiger partial charge is 0.257 e. The van der Waals surface area contributed by atoms with Gasteiger partial charge >= 0.3 is 0 Å². The molecule has 0 aromatic carbocycles. The largest absolute Gasteiger partial charge is 0.343 e. The number of carbonyl (C=O) groups excluding carboxylic acids is 1. The second-order valence-corrected chi connectivity index (χ2v) is 5.47. The molecule has 6 heteroatoms. The van der Waals surface area contributed by atoms with Gasteiger partial charge in [-0.1, -0.05) is 0 Å². The fraction of sp³-hybridized carbons (Fsp3) is 0.417. The molecule has 1 amide bonds. The molecule has 3 heterocycles. The van der Waals surface area contributed by atoms with Crippen LogP contribution < -0.4 is 0 Å². The third-order valence-corrected chi connectivity index (χ3v) is 4.12. The van der Waals surface area contributed by atoms with E-state index in [0.717, 1.165) is 36.5 Å². The van der Waals surface area contributed by atoms with Crippen LogP contribution in [-0.2, 0) is 0 Å². The van der Waals surface area contributed by atoms with E-state index in [1.54, 1.807) is 18.7 Å². The summed E-state index contributed by atoms with van der Waals surface area (Å²) in [5, 5.41) is 0. The van der Waals surface area contributed by atoms with E-state index in [1.165, 1.54) is 0 Å². The molecule has 18 heavy (non-hydrogen) atoms. The van der Waals surface area contributed by atoms with Gasteiger partial charge in [-0.15, -0.1) is 0 Å². The number of aromatic nitrogens is 3. The Morgan fingerprint density at radius 1 is 1.33 bits per heavy atom. The Morgan fingerprint density at radius 2 is 2.28 bits per heavy atom. The molecule has 1 saturated heterocycles. The summed E-state index contributed by atoms with van der Waals surface area (Å²) in [6.07, 6.45) is 5.96. The van der Waals surface area contributed by atoms with Crippen LogP contribution in [0.4, 0.5) is 0 Å². The van der Waals surface area contributed by atoms with E-state index >= 15 is 0 Å². The molecule has 1 fully saturated rings. The maximum absolute atomic E-state index is 12.5. The van der Waals surface area contributed by atoms with Crippen LogP contribution >= 0.6 is 11.8 Å². The molecule has 1 N–H and O–H groups in total. The number of imidazole rings is 1. The van der Waals surface area contributed by atoms with Crippen molar-refractivity contribution in [3.05, 3.63) is 24.3 Å². The number of thioether (sulfide) groups is 1. The number of aromatic amines is 1. The minimum Gasteiger partial charge on any atom is -0.343 e. The van der Waals surface area contributed by atoms with Crippen molar-refractivity contribution in [1.29, 1.82) is 0 Å². The van der Waals surface area contributed by atoms with Crippen molar-refractivity contribution in [3.8, 4) is 0 Å². The Hall–Kier alpha value is -1.56. The van der Waals surface area contributed by atoms with Crippen molar-refractivity contribution in [3.63, 3.8) is 0 Å². The molecule has 2 aromatic rings. The van der Waals surface area contributed by atoms with E-state index in [4.69, 9.17) is 0 Å². The van der Waals surface area contributed by atoms with E-state index in [2.05, 4.69) is 15.0 Å². The first-order valence-electron chi connectivity index (χ1n) is 6.00. The predicted molar refractivity (Wildman–Crippen MR) is 71.7 cm³/mol. The molecule has 0 atom stereocenters. The molecule has 0 radical (unpaired) electrons. The summed E-state index contributed by atoms with van der Waals surface area (Å²) in [4.78, 5) is 25.7. The normalized spacial score (nSPS) is 16.8. The van der Waals surface area contributed by atoms with Gasteiger partial charge in [-0.25, -0.2) is 4.98 Å². The highest BCUT2D eigenvalue weighted by Gasteiger charge is 2.20. The Morgan fingerprint density at radius 3 is 3.22 bits per heavy atom. The quantitative estimate of drug-likeness (QED) is 0.846. The summed E-state index contributed by atoms with van der Waals surface area (Å²) < 4.78 is 0. The van der Waals surface area contributed by atoms with Gasteiger partial charge < -0.3 is 9.88 Å². The van der Waals surface area contributed by atoms with Gasteiger partial charge in [0.25, 0.3) is 5.91 Å². The number of pyridine rings is 1. The van der Waals surface area contributed by atoms with Crippen LogP contribution in [0.25, 0.3) is 11.0 Å². The van der Waals surface area contributed by atoms with Gasteiger partial charge in [0.15, 0.2) is 0 Å². The van der Waals surface area contributed by atoms with Gasteiger partial charge in [0.1, 0.15) is 5.52 Å². The lowest BCUT2D eigenvalue weighted by molar-refractivity contribution is 0.0770. The Bertz CT molecular complexity index is 560. The molecule has 0 saturated carbocycles. The van der Waals surface area contributed by atoms with E-state index < -0.39 is 0 Å². The van der Waals surface area contributed by atoms with E-state index in [-0.39, 0.29) is 5.91 Å². The monoisotopic (exact) mass is 262 g/mol. The topological polar surface area (TPSA) is 61.9 Å². The number of hydrogen-bond acceptors (Lipinski definition) is 4. The minimum absolute atomic E-state index is 0.0442. The van der Waals surface area contributed by atoms with Gasteiger partial charge in [0.2, 0.25) is 0 Å². The molecule has 3 rings (SSSR count). The van der Waals surface area contributed by atoms with Crippen LogP contribution in [0.2, 0.25) is 0 Å². The fourth-order valence-corrected chi connectivity index (χ4v) is 3.03. The fourth-order valence-electron chi connectivity index (χ4n) is 2.14. The number of rotatable bonds is 1. The predicted octanol–water partition coefficient (Wildman–Crippen LogP) is 1.54. The molecule has 94 valence electrons. The first-order valence-corrected chi connectivity index (χ1v) is 7.16. The van der Waals surface area contributed by atoms with Crippen LogP contribution in [0, 0.1) is 0 Å². The second kappa shape index (κ2) is 4.97. The van der Waals surface area contributed by atoms with Crippen molar-refractivity contribution in [2.75, 3.05) is 24.6 Å². The van der Waals surface area contributed by atoms with Crippen molar-refractivity contribution in [1.82, 2.24) is 19.9 Å². The Labute approximate surface area is 109 Å². The van der Waals surface area contributed by atoms with E-state index in [1.807, 2.05) is 16.7 Å². The van der Waals surface area contributed by atoms with Gasteiger partial charge in [-0.05, 0) is 12.2 Å². The van der Waals surface area contributed by atoms with Crippen LogP contribution in [0.5, 0.6) is 0 Å². The number of carbonyl (C=O) groups is 1. The van der Waals surface area contributed by atoms with E-state index in [0.29, 0.717) is 11.1 Å². The Balaban J connectivity index is 1.93. The first-order chi connectivity index (χ1) is 8.86. The summed E-state index contributed by atoms with van der Waals surface area (Å²) in [7, 11) is 0. The maximum atomic E-state index is 12.5. The lowest BCUT2D eigenvalue weighted by Crippen LogP contribution is -2.33. The standard InChI is InChI=1S/C12H14N4OS/c17-12(16-2-1-4-18-5-3-16)9-6-13-7-10-11(9)15-8-14-10/h6-8H,1-5H2,(H,14,15). The number of nitrogens with one attached hydrogen (secondary N) is 1. The zero-order chi connectivity index (χ0) is 12.4. The average molecular weight is 262 g/mol. The van der Waals surface area contributed by atoms with Gasteiger partial charge in [0.05, 0.1) is 23.6 Å². The summed E-state index contributed by atoms with van der Waals surface area (Å²) in [5.74, 6) is 2.19. The SMILES string of the molecule is O=C(c1cncc2[nH]cnc12)N1CCCSCC1. The summed E-state index contributed by atoms with van der Waals surface area (Å²) in [5.41, 5.74) is 2.12. The molecule has 0 bridgehead atoms. The molecule has 0 unspecified atom stereocenters. The molecule has 5 nitrogen and oxygen atoms in total. The number of amides is 1. The van der Waals surface area contributed by atoms with Gasteiger partial charge in [0, 0.05) is 25.0 Å². The Kier molecular flexibility index (Phi) is 3.19. The summed E-state index contributed by atoms with van der Waals surface area (Å²) in [6, 6.07) is 0. The molecular weight excluding hydrogens is 248 g/mol. The van der Waals surface area contributed by atoms with Crippen LogP contribution in [-0.4, -0.2) is 50.4 Å². The molecule has 0 aliphatic carbocycles. The highest BCUT2D eigenvalue weighted by Crippen LogP contribution is 2.17. The minimum atomic E-state index is 0.0442. The summed E-state index contributed by atoms with van der Waals surface area (Å²) in [6.45, 7) is 1.64. The van der Waals surface area contributed by atoms with Crippen LogP contribution in [0.3, 0.4) is 0 Å². The van der Waals surface area contributed by atoms with Crippen molar-refractivity contribution >= 4 is 28.7 Å². The highest BCUT2D eigenvalue weighted by molar-refractivity contribution is 7.99. The maximum Gasteiger partial charge on any atom is 0.257 e. The highest BCUT2D eigenvalue weighted by atomic mass is 32.2. The molecular formula is C12H14N4OS. The zero-order valence-electron chi connectivity index (χ0n) is 9.93. The summed E-state index contributed by atoms with van der Waals surface area (Å²) >= 11 is 1.91. The lowest BCUT2D eigenvalue weighted by atomic mass is 10.2. The van der Waals surface area contributed by atoms with Crippen molar-refractivity contribution < 1.29 is 4.79 Å². The van der Waals surface area contributed by atoms with E-state index in [9.17, 15) is 4.79 Å². The second-order valence-electron chi connectivity index (χ2n) is 4.24. The molecule has 0 spiro atoms. The number of nitrogens with zero attached hydrogens (tertiary/aromatic N) is 3. The average Bonchev–Trinajstić information content (AvgIpc) is 2.71. The number of H-pyrrole nitrogens is 1. The molecule has 2 aromatic heterocycles. The van der Waals surface area contributed by atoms with Crippen molar-refractivity contribution in [2.45, 2.75) is 6.42 Å².